The van der Waals surface area contributed by atoms with E-state index in [4.69, 9.17) is 0 Å². The summed E-state index contributed by atoms with van der Waals surface area (Å²) in [6, 6.07) is 0.886. The molecule has 54 valence electrons. The van der Waals surface area contributed by atoms with E-state index in [1.807, 2.05) is 0 Å². The van der Waals surface area contributed by atoms with Crippen LogP contribution in [0.3, 0.4) is 0 Å². The third kappa shape index (κ3) is 1.68. The molecule has 9 heavy (non-hydrogen) atoms. The van der Waals surface area contributed by atoms with E-state index in [0.29, 0.717) is 0 Å². The second-order valence-electron chi connectivity index (χ2n) is 3.03. The van der Waals surface area contributed by atoms with E-state index in [2.05, 4.69) is 18.7 Å². The molecule has 0 bridgehead atoms. The summed E-state index contributed by atoms with van der Waals surface area (Å²) in [4.78, 5) is 2.56. The average Bonchev–Trinajstić information content (AvgIpc) is 1.86. The molecule has 0 radical (unpaired) electrons. The van der Waals surface area contributed by atoms with Crippen LogP contribution in [0.25, 0.3) is 0 Å². The van der Waals surface area contributed by atoms with Crippen molar-refractivity contribution in [3.8, 4) is 0 Å². The molecule has 1 saturated heterocycles. The molecular weight excluding hydrogens is 110 g/mol. The highest BCUT2D eigenvalue weighted by Crippen LogP contribution is 2.16. The summed E-state index contributed by atoms with van der Waals surface area (Å²) in [6.07, 6.45) is 4.14. The Hall–Kier alpha value is -0.0400. The zero-order chi connectivity index (χ0) is 6.69. The summed E-state index contributed by atoms with van der Waals surface area (Å²) >= 11 is 0. The van der Waals surface area contributed by atoms with Gasteiger partial charge < -0.3 is 4.90 Å². The monoisotopic (exact) mass is 127 g/mol. The molecule has 0 aromatic heterocycles. The third-order valence-electron chi connectivity index (χ3n) is 2.26. The van der Waals surface area contributed by atoms with Gasteiger partial charge in [-0.05, 0) is 32.9 Å². The van der Waals surface area contributed by atoms with Gasteiger partial charge in [-0.2, -0.15) is 0 Å². The molecule has 0 amide bonds. The summed E-state index contributed by atoms with van der Waals surface area (Å²) in [7, 11) is 0. The van der Waals surface area contributed by atoms with E-state index in [0.717, 1.165) is 6.04 Å². The van der Waals surface area contributed by atoms with Crippen LogP contribution < -0.4 is 0 Å². The van der Waals surface area contributed by atoms with Crippen molar-refractivity contribution in [2.24, 2.45) is 0 Å². The normalized spacial score (nSPS) is 28.0. The maximum absolute atomic E-state index is 2.56. The highest BCUT2D eigenvalue weighted by atomic mass is 15.2. The number of hydrogen-bond acceptors (Lipinski definition) is 1. The molecule has 1 heteroatoms. The van der Waals surface area contributed by atoms with Crippen LogP contribution in [0.5, 0.6) is 0 Å². The van der Waals surface area contributed by atoms with Gasteiger partial charge in [-0.1, -0.05) is 13.3 Å². The van der Waals surface area contributed by atoms with Gasteiger partial charge in [-0.25, -0.2) is 0 Å². The Balaban J connectivity index is 1.99. The fourth-order valence-corrected chi connectivity index (χ4v) is 1.26. The van der Waals surface area contributed by atoms with Gasteiger partial charge in [-0.3, -0.25) is 0 Å². The molecule has 0 spiro atoms. The second-order valence-corrected chi connectivity index (χ2v) is 3.03. The Morgan fingerprint density at radius 1 is 1.56 bits per heavy atom. The predicted octanol–water partition coefficient (Wildman–Crippen LogP) is 1.88. The highest BCUT2D eigenvalue weighted by molar-refractivity contribution is 4.77. The molecule has 1 nitrogen and oxygen atoms in total. The molecule has 1 rings (SSSR count). The Labute approximate surface area is 58.0 Å². The van der Waals surface area contributed by atoms with Crippen molar-refractivity contribution in [1.82, 2.24) is 4.90 Å². The van der Waals surface area contributed by atoms with Crippen molar-refractivity contribution < 1.29 is 0 Å². The van der Waals surface area contributed by atoms with Gasteiger partial charge in [0, 0.05) is 6.04 Å². The minimum Gasteiger partial charge on any atom is -0.301 e. The summed E-state index contributed by atoms with van der Waals surface area (Å²) in [5.74, 6) is 0. The van der Waals surface area contributed by atoms with E-state index in [1.54, 1.807) is 0 Å². The van der Waals surface area contributed by atoms with Crippen LogP contribution in [0.15, 0.2) is 0 Å². The standard InChI is InChI=1S/C8H17N/c1-3-4-6-9-7-5-8(9)2/h8H,3-7H2,1-2H3. The first-order valence-electron chi connectivity index (χ1n) is 4.08. The average molecular weight is 127 g/mol. The molecule has 0 aliphatic carbocycles. The first kappa shape index (κ1) is 7.07. The first-order valence-corrected chi connectivity index (χ1v) is 4.08. The zero-order valence-corrected chi connectivity index (χ0v) is 6.56. The smallest absolute Gasteiger partial charge is 0.00791 e. The topological polar surface area (TPSA) is 3.24 Å². The zero-order valence-electron chi connectivity index (χ0n) is 6.56. The lowest BCUT2D eigenvalue weighted by Crippen LogP contribution is -2.45. The van der Waals surface area contributed by atoms with Crippen molar-refractivity contribution in [3.05, 3.63) is 0 Å². The lowest BCUT2D eigenvalue weighted by Gasteiger charge is -2.38. The molecule has 0 saturated carbocycles. The minimum atomic E-state index is 0.886. The van der Waals surface area contributed by atoms with Crippen molar-refractivity contribution in [2.75, 3.05) is 13.1 Å². The second kappa shape index (κ2) is 3.21. The van der Waals surface area contributed by atoms with Crippen LogP contribution >= 0.6 is 0 Å². The summed E-state index contributed by atoms with van der Waals surface area (Å²) < 4.78 is 0. The Morgan fingerprint density at radius 3 is 2.67 bits per heavy atom. The Bertz CT molecular complexity index is 80.6. The van der Waals surface area contributed by atoms with Gasteiger partial charge in [0.25, 0.3) is 0 Å². The SMILES string of the molecule is CCCCN1CCC1C. The van der Waals surface area contributed by atoms with Crippen LogP contribution in [0.2, 0.25) is 0 Å². The maximum atomic E-state index is 2.56. The summed E-state index contributed by atoms with van der Waals surface area (Å²) in [5, 5.41) is 0. The van der Waals surface area contributed by atoms with Crippen molar-refractivity contribution in [1.29, 1.82) is 0 Å². The number of unbranched alkanes of at least 4 members (excludes halogenated alkanes) is 1. The maximum Gasteiger partial charge on any atom is 0.00791 e. The molecule has 1 aliphatic heterocycles. The number of likely N-dealkylation sites (tertiary alicyclic amines) is 1. The summed E-state index contributed by atoms with van der Waals surface area (Å²) in [5.41, 5.74) is 0. The van der Waals surface area contributed by atoms with Gasteiger partial charge in [0.1, 0.15) is 0 Å². The molecular formula is C8H17N. The van der Waals surface area contributed by atoms with Crippen LogP contribution in [0.1, 0.15) is 33.1 Å². The lowest BCUT2D eigenvalue weighted by molar-refractivity contribution is 0.103. The van der Waals surface area contributed by atoms with Crippen LogP contribution in [-0.4, -0.2) is 24.0 Å². The van der Waals surface area contributed by atoms with Gasteiger partial charge in [0.15, 0.2) is 0 Å². The van der Waals surface area contributed by atoms with E-state index in [1.165, 1.54) is 32.4 Å². The van der Waals surface area contributed by atoms with Gasteiger partial charge in [0.2, 0.25) is 0 Å². The molecule has 1 unspecified atom stereocenters. The molecule has 0 aromatic carbocycles. The predicted molar refractivity (Wildman–Crippen MR) is 40.6 cm³/mol. The Morgan fingerprint density at radius 2 is 2.33 bits per heavy atom. The van der Waals surface area contributed by atoms with Gasteiger partial charge in [-0.15, -0.1) is 0 Å². The minimum absolute atomic E-state index is 0.886. The first-order chi connectivity index (χ1) is 4.34. The van der Waals surface area contributed by atoms with Crippen molar-refractivity contribution >= 4 is 0 Å². The number of rotatable bonds is 3. The van der Waals surface area contributed by atoms with Gasteiger partial charge >= 0.3 is 0 Å². The number of nitrogens with zero attached hydrogens (tertiary/aromatic N) is 1. The number of hydrogen-bond donors (Lipinski definition) is 0. The van der Waals surface area contributed by atoms with Crippen molar-refractivity contribution in [2.45, 2.75) is 39.2 Å². The fourth-order valence-electron chi connectivity index (χ4n) is 1.26. The van der Waals surface area contributed by atoms with Crippen LogP contribution in [-0.2, 0) is 0 Å². The molecule has 1 atom stereocenters. The van der Waals surface area contributed by atoms with Crippen LogP contribution in [0.4, 0.5) is 0 Å². The molecule has 0 aromatic rings. The molecule has 0 N–H and O–H groups in total. The van der Waals surface area contributed by atoms with Crippen molar-refractivity contribution in [3.63, 3.8) is 0 Å². The van der Waals surface area contributed by atoms with Gasteiger partial charge in [0.05, 0.1) is 0 Å². The van der Waals surface area contributed by atoms with E-state index >= 15 is 0 Å². The van der Waals surface area contributed by atoms with E-state index < -0.39 is 0 Å². The van der Waals surface area contributed by atoms with E-state index in [9.17, 15) is 0 Å². The third-order valence-corrected chi connectivity index (χ3v) is 2.26. The molecule has 1 fully saturated rings. The fraction of sp³-hybridized carbons (Fsp3) is 1.00. The molecule has 1 aliphatic rings. The van der Waals surface area contributed by atoms with E-state index in [-0.39, 0.29) is 0 Å². The summed E-state index contributed by atoms with van der Waals surface area (Å²) in [6.45, 7) is 7.25. The quantitative estimate of drug-likeness (QED) is 0.559. The Kier molecular flexibility index (Phi) is 2.52. The molecule has 1 heterocycles. The lowest BCUT2D eigenvalue weighted by atomic mass is 10.1. The van der Waals surface area contributed by atoms with Crippen LogP contribution in [0, 0.1) is 0 Å². The largest absolute Gasteiger partial charge is 0.301 e. The highest BCUT2D eigenvalue weighted by Gasteiger charge is 2.21.